The number of rotatable bonds is 16. The zero-order valence-corrected chi connectivity index (χ0v) is 16.3. The molecular weight excluding hydrogens is 295 g/mol. The van der Waals surface area contributed by atoms with Crippen molar-refractivity contribution in [3.63, 3.8) is 0 Å². The van der Waals surface area contributed by atoms with Gasteiger partial charge in [-0.2, -0.15) is 0 Å². The first-order chi connectivity index (χ1) is 10.5. The molecule has 0 radical (unpaired) electrons. The summed E-state index contributed by atoms with van der Waals surface area (Å²) in [5.74, 6) is 0. The van der Waals surface area contributed by atoms with Gasteiger partial charge in [0.15, 0.2) is 0 Å². The molecule has 0 bridgehead atoms. The Kier molecular flexibility index (Phi) is 12.9. The topological polar surface area (TPSA) is 49.7 Å². The van der Waals surface area contributed by atoms with Crippen LogP contribution in [0.15, 0.2) is 0 Å². The SMILES string of the molecule is CCCCCCCCP(O)(O)(CCCCCCCC)OCC. The fraction of sp³-hybridized carbons (Fsp3) is 1.00. The molecule has 0 saturated heterocycles. The minimum atomic E-state index is -3.86. The van der Waals surface area contributed by atoms with E-state index in [9.17, 15) is 9.79 Å². The fourth-order valence-corrected chi connectivity index (χ4v) is 5.75. The monoisotopic (exact) mass is 336 g/mol. The van der Waals surface area contributed by atoms with E-state index < -0.39 is 7.28 Å². The van der Waals surface area contributed by atoms with Crippen molar-refractivity contribution >= 4 is 7.28 Å². The molecule has 0 aromatic heterocycles. The van der Waals surface area contributed by atoms with Crippen molar-refractivity contribution in [2.24, 2.45) is 0 Å². The molecule has 0 amide bonds. The van der Waals surface area contributed by atoms with Crippen molar-refractivity contribution in [1.29, 1.82) is 0 Å². The molecule has 0 atom stereocenters. The van der Waals surface area contributed by atoms with Crippen LogP contribution in [0.1, 0.15) is 97.8 Å². The maximum absolute atomic E-state index is 10.7. The Morgan fingerprint density at radius 3 is 1.32 bits per heavy atom. The van der Waals surface area contributed by atoms with Crippen LogP contribution in [0.5, 0.6) is 0 Å². The molecule has 0 rings (SSSR count). The molecule has 3 nitrogen and oxygen atoms in total. The summed E-state index contributed by atoms with van der Waals surface area (Å²) < 4.78 is 5.51. The van der Waals surface area contributed by atoms with Crippen LogP contribution < -0.4 is 0 Å². The van der Waals surface area contributed by atoms with Crippen molar-refractivity contribution in [3.8, 4) is 0 Å². The van der Waals surface area contributed by atoms with Crippen LogP contribution >= 0.6 is 7.28 Å². The fourth-order valence-electron chi connectivity index (χ4n) is 2.96. The van der Waals surface area contributed by atoms with Crippen LogP contribution in [-0.2, 0) is 4.52 Å². The van der Waals surface area contributed by atoms with Crippen molar-refractivity contribution in [1.82, 2.24) is 0 Å². The standard InChI is InChI=1S/C18H41O3P/c1-4-7-9-11-13-15-17-22(19,20,21-6-3)18-16-14-12-10-8-5-2/h19-20H,4-18H2,1-3H3. The van der Waals surface area contributed by atoms with Crippen molar-refractivity contribution in [2.75, 3.05) is 18.9 Å². The van der Waals surface area contributed by atoms with Crippen molar-refractivity contribution in [2.45, 2.75) is 97.8 Å². The van der Waals surface area contributed by atoms with Crippen molar-refractivity contribution in [3.05, 3.63) is 0 Å². The Morgan fingerprint density at radius 1 is 0.591 bits per heavy atom. The van der Waals surface area contributed by atoms with E-state index in [1.165, 1.54) is 51.4 Å². The first kappa shape index (κ1) is 22.3. The Balaban J connectivity index is 4.02. The number of unbranched alkanes of at least 4 members (excludes halogenated alkanes) is 10. The summed E-state index contributed by atoms with van der Waals surface area (Å²) in [4.78, 5) is 21.5. The third-order valence-electron chi connectivity index (χ3n) is 4.35. The zero-order chi connectivity index (χ0) is 16.8. The van der Waals surface area contributed by atoms with Gasteiger partial charge in [0.05, 0.1) is 0 Å². The summed E-state index contributed by atoms with van der Waals surface area (Å²) in [6.07, 6.45) is 14.8. The molecule has 0 spiro atoms. The van der Waals surface area contributed by atoms with Crippen LogP contribution in [-0.4, -0.2) is 28.7 Å². The third-order valence-corrected chi connectivity index (χ3v) is 7.63. The van der Waals surface area contributed by atoms with Crippen LogP contribution in [0.2, 0.25) is 0 Å². The molecule has 0 aliphatic carbocycles. The molecule has 0 heterocycles. The molecule has 0 aromatic carbocycles. The molecule has 2 N–H and O–H groups in total. The van der Waals surface area contributed by atoms with Gasteiger partial charge in [-0.05, 0) is 0 Å². The van der Waals surface area contributed by atoms with E-state index in [2.05, 4.69) is 13.8 Å². The van der Waals surface area contributed by atoms with Gasteiger partial charge in [-0.15, -0.1) is 0 Å². The summed E-state index contributed by atoms with van der Waals surface area (Å²) in [5, 5.41) is 0. The summed E-state index contributed by atoms with van der Waals surface area (Å²) in [5.41, 5.74) is 0. The molecule has 0 aliphatic rings. The predicted octanol–water partition coefficient (Wildman–Crippen LogP) is 6.03. The van der Waals surface area contributed by atoms with E-state index in [1.54, 1.807) is 0 Å². The van der Waals surface area contributed by atoms with Gasteiger partial charge < -0.3 is 0 Å². The molecule has 0 unspecified atom stereocenters. The van der Waals surface area contributed by atoms with E-state index in [4.69, 9.17) is 4.52 Å². The van der Waals surface area contributed by atoms with Crippen LogP contribution in [0.25, 0.3) is 0 Å². The Hall–Kier alpha value is 0.310. The molecular formula is C18H41O3P. The van der Waals surface area contributed by atoms with Gasteiger partial charge in [0.1, 0.15) is 0 Å². The van der Waals surface area contributed by atoms with Gasteiger partial charge in [0.2, 0.25) is 0 Å². The average molecular weight is 336 g/mol. The van der Waals surface area contributed by atoms with Crippen LogP contribution in [0, 0.1) is 0 Å². The van der Waals surface area contributed by atoms with Gasteiger partial charge in [-0.1, -0.05) is 0 Å². The first-order valence-corrected chi connectivity index (χ1v) is 12.1. The quantitative estimate of drug-likeness (QED) is 0.267. The molecule has 0 saturated carbocycles. The van der Waals surface area contributed by atoms with Crippen molar-refractivity contribution < 1.29 is 14.3 Å². The molecule has 22 heavy (non-hydrogen) atoms. The summed E-state index contributed by atoms with van der Waals surface area (Å²) in [6, 6.07) is 0. The molecule has 136 valence electrons. The first-order valence-electron chi connectivity index (χ1n) is 9.63. The predicted molar refractivity (Wildman–Crippen MR) is 99.5 cm³/mol. The Bertz CT molecular complexity index is 237. The molecule has 4 heteroatoms. The maximum atomic E-state index is 10.7. The number of hydrogen-bond donors (Lipinski definition) is 2. The van der Waals surface area contributed by atoms with Gasteiger partial charge >= 0.3 is 138 Å². The van der Waals surface area contributed by atoms with Gasteiger partial charge in [-0.25, -0.2) is 0 Å². The summed E-state index contributed by atoms with van der Waals surface area (Å²) >= 11 is 0. The zero-order valence-electron chi connectivity index (χ0n) is 15.4. The third kappa shape index (κ3) is 11.8. The molecule has 0 aromatic rings. The second-order valence-electron chi connectivity index (χ2n) is 6.70. The van der Waals surface area contributed by atoms with Crippen LogP contribution in [0.4, 0.5) is 0 Å². The van der Waals surface area contributed by atoms with E-state index in [-0.39, 0.29) is 0 Å². The van der Waals surface area contributed by atoms with E-state index in [0.717, 1.165) is 25.7 Å². The second-order valence-corrected chi connectivity index (χ2v) is 10.5. The van der Waals surface area contributed by atoms with Gasteiger partial charge in [0, 0.05) is 0 Å². The second kappa shape index (κ2) is 12.7. The summed E-state index contributed by atoms with van der Waals surface area (Å²) in [7, 11) is -3.86. The number of hydrogen-bond acceptors (Lipinski definition) is 3. The molecule has 0 aliphatic heterocycles. The Morgan fingerprint density at radius 2 is 0.955 bits per heavy atom. The van der Waals surface area contributed by atoms with E-state index in [0.29, 0.717) is 18.9 Å². The van der Waals surface area contributed by atoms with Crippen LogP contribution in [0.3, 0.4) is 0 Å². The normalized spacial score (nSPS) is 14.0. The summed E-state index contributed by atoms with van der Waals surface area (Å²) in [6.45, 7) is 6.68. The molecule has 0 fully saturated rings. The van der Waals surface area contributed by atoms with Gasteiger partial charge in [0.25, 0.3) is 0 Å². The average Bonchev–Trinajstić information content (AvgIpc) is 2.47. The van der Waals surface area contributed by atoms with E-state index >= 15 is 0 Å². The van der Waals surface area contributed by atoms with Gasteiger partial charge in [-0.3, -0.25) is 0 Å². The minimum absolute atomic E-state index is 0.399. The Labute approximate surface area is 139 Å². The van der Waals surface area contributed by atoms with E-state index in [1.807, 2.05) is 6.92 Å².